The maximum absolute atomic E-state index is 13.9. The highest BCUT2D eigenvalue weighted by atomic mass is 19.1. The van der Waals surface area contributed by atoms with Crippen LogP contribution in [0.15, 0.2) is 54.6 Å². The fourth-order valence-corrected chi connectivity index (χ4v) is 5.10. The molecule has 1 aromatic heterocycles. The summed E-state index contributed by atoms with van der Waals surface area (Å²) in [6, 6.07) is 16.9. The Morgan fingerprint density at radius 1 is 0.939 bits per heavy atom. The normalized spacial score (nSPS) is 18.5. The Kier molecular flexibility index (Phi) is 6.27. The molecule has 2 aromatic carbocycles. The van der Waals surface area contributed by atoms with Crippen molar-refractivity contribution in [1.29, 1.82) is 0 Å². The van der Waals surface area contributed by atoms with Crippen LogP contribution in [-0.2, 0) is 0 Å². The minimum atomic E-state index is -0.298. The number of nitrogens with zero attached hydrogens (tertiary/aromatic N) is 3. The second kappa shape index (κ2) is 9.48. The first kappa shape index (κ1) is 21.8. The zero-order valence-corrected chi connectivity index (χ0v) is 19.0. The molecule has 3 aromatic rings. The first-order chi connectivity index (χ1) is 16.1. The quantitative estimate of drug-likeness (QED) is 0.575. The maximum Gasteiger partial charge on any atom is 0.256 e. The number of carbonyl (C=O) groups is 1. The van der Waals surface area contributed by atoms with Gasteiger partial charge < -0.3 is 9.64 Å². The summed E-state index contributed by atoms with van der Waals surface area (Å²) in [7, 11) is 0. The molecule has 5 nitrogen and oxygen atoms in total. The highest BCUT2D eigenvalue weighted by molar-refractivity contribution is 6.05. The third-order valence-corrected chi connectivity index (χ3v) is 6.96. The monoisotopic (exact) mass is 447 g/mol. The summed E-state index contributed by atoms with van der Waals surface area (Å²) in [4.78, 5) is 22.4. The Balaban J connectivity index is 1.16. The number of aromatic nitrogens is 1. The van der Waals surface area contributed by atoms with Crippen molar-refractivity contribution in [1.82, 2.24) is 14.8 Å². The Morgan fingerprint density at radius 2 is 1.70 bits per heavy atom. The van der Waals surface area contributed by atoms with Crippen LogP contribution in [0, 0.1) is 12.7 Å². The van der Waals surface area contributed by atoms with Gasteiger partial charge in [0.1, 0.15) is 6.10 Å². The zero-order valence-electron chi connectivity index (χ0n) is 19.0. The van der Waals surface area contributed by atoms with Gasteiger partial charge >= 0.3 is 0 Å². The lowest BCUT2D eigenvalue weighted by Gasteiger charge is -2.41. The number of pyridine rings is 1. The van der Waals surface area contributed by atoms with E-state index in [1.54, 1.807) is 18.2 Å². The number of piperidine rings is 2. The third-order valence-electron chi connectivity index (χ3n) is 6.96. The average molecular weight is 448 g/mol. The molecule has 0 saturated carbocycles. The van der Waals surface area contributed by atoms with E-state index in [2.05, 4.69) is 9.88 Å². The van der Waals surface area contributed by atoms with E-state index >= 15 is 0 Å². The van der Waals surface area contributed by atoms with Crippen molar-refractivity contribution >= 4 is 16.8 Å². The molecule has 0 spiro atoms. The number of rotatable bonds is 4. The summed E-state index contributed by atoms with van der Waals surface area (Å²) in [6.07, 6.45) is 3.80. The molecule has 3 heterocycles. The lowest BCUT2D eigenvalue weighted by atomic mass is 9.98. The van der Waals surface area contributed by atoms with Gasteiger partial charge in [-0.25, -0.2) is 4.39 Å². The molecule has 6 heteroatoms. The van der Waals surface area contributed by atoms with Gasteiger partial charge in [0.25, 0.3) is 5.91 Å². The van der Waals surface area contributed by atoms with Crippen LogP contribution in [0.1, 0.15) is 41.7 Å². The third kappa shape index (κ3) is 4.71. The second-order valence-electron chi connectivity index (χ2n) is 9.14. The van der Waals surface area contributed by atoms with Crippen molar-refractivity contribution in [2.45, 2.75) is 44.8 Å². The Bertz CT molecular complexity index is 1140. The van der Waals surface area contributed by atoms with Gasteiger partial charge in [-0.3, -0.25) is 14.7 Å². The van der Waals surface area contributed by atoms with E-state index in [1.165, 1.54) is 6.07 Å². The number of carbonyl (C=O) groups excluding carboxylic acids is 1. The molecule has 0 radical (unpaired) electrons. The first-order valence-corrected chi connectivity index (χ1v) is 11.9. The van der Waals surface area contributed by atoms with E-state index in [9.17, 15) is 9.18 Å². The van der Waals surface area contributed by atoms with Gasteiger partial charge in [0.2, 0.25) is 0 Å². The van der Waals surface area contributed by atoms with Crippen molar-refractivity contribution in [2.75, 3.05) is 26.2 Å². The van der Waals surface area contributed by atoms with Crippen LogP contribution in [0.25, 0.3) is 10.9 Å². The van der Waals surface area contributed by atoms with Crippen LogP contribution in [0.5, 0.6) is 5.75 Å². The molecule has 0 aliphatic carbocycles. The molecule has 0 bridgehead atoms. The van der Waals surface area contributed by atoms with Crippen LogP contribution in [-0.4, -0.2) is 59.0 Å². The summed E-state index contributed by atoms with van der Waals surface area (Å²) in [5.74, 6) is 0.128. The molecule has 1 amide bonds. The topological polar surface area (TPSA) is 45.7 Å². The number of ether oxygens (including phenoxy) is 1. The number of benzene rings is 2. The van der Waals surface area contributed by atoms with E-state index in [0.29, 0.717) is 17.4 Å². The van der Waals surface area contributed by atoms with Crippen molar-refractivity contribution in [3.05, 3.63) is 71.7 Å². The number of halogens is 1. The van der Waals surface area contributed by atoms with Gasteiger partial charge in [-0.2, -0.15) is 0 Å². The van der Waals surface area contributed by atoms with Crippen molar-refractivity contribution < 1.29 is 13.9 Å². The minimum Gasteiger partial charge on any atom is -0.487 e. The summed E-state index contributed by atoms with van der Waals surface area (Å²) in [5, 5.41) is 1.00. The number of likely N-dealkylation sites (tertiary alicyclic amines) is 2. The predicted octanol–water partition coefficient (Wildman–Crippen LogP) is 4.83. The lowest BCUT2D eigenvalue weighted by molar-refractivity contribution is 0.0417. The van der Waals surface area contributed by atoms with Crippen LogP contribution in [0.3, 0.4) is 0 Å². The maximum atomic E-state index is 13.9. The number of fused-ring (bicyclic) bond motifs is 1. The van der Waals surface area contributed by atoms with Gasteiger partial charge in [0.05, 0.1) is 11.1 Å². The molecule has 0 N–H and O–H groups in total. The van der Waals surface area contributed by atoms with Crippen LogP contribution >= 0.6 is 0 Å². The molecule has 0 atom stereocenters. The summed E-state index contributed by atoms with van der Waals surface area (Å²) in [5.41, 5.74) is 2.41. The van der Waals surface area contributed by atoms with Gasteiger partial charge in [0.15, 0.2) is 11.6 Å². The fourth-order valence-electron chi connectivity index (χ4n) is 5.10. The first-order valence-electron chi connectivity index (χ1n) is 11.9. The number of hydrogen-bond acceptors (Lipinski definition) is 4. The van der Waals surface area contributed by atoms with Gasteiger partial charge in [-0.05, 0) is 56.9 Å². The summed E-state index contributed by atoms with van der Waals surface area (Å²) in [6.45, 7) is 5.37. The number of aryl methyl sites for hydroxylation is 1. The predicted molar refractivity (Wildman–Crippen MR) is 127 cm³/mol. The molecule has 2 fully saturated rings. The number of para-hydroxylation sites is 2. The minimum absolute atomic E-state index is 0.0575. The van der Waals surface area contributed by atoms with Gasteiger partial charge in [0, 0.05) is 43.3 Å². The van der Waals surface area contributed by atoms with Gasteiger partial charge in [-0.1, -0.05) is 30.3 Å². The second-order valence-corrected chi connectivity index (χ2v) is 9.14. The van der Waals surface area contributed by atoms with Crippen LogP contribution in [0.4, 0.5) is 4.39 Å². The Labute approximate surface area is 194 Å². The van der Waals surface area contributed by atoms with E-state index < -0.39 is 0 Å². The average Bonchev–Trinajstić information content (AvgIpc) is 2.85. The molecule has 33 heavy (non-hydrogen) atoms. The van der Waals surface area contributed by atoms with Crippen molar-refractivity contribution in [3.8, 4) is 5.75 Å². The van der Waals surface area contributed by atoms with E-state index in [-0.39, 0.29) is 17.8 Å². The molecular formula is C27H30FN3O2. The molecule has 2 aliphatic rings. The lowest BCUT2D eigenvalue weighted by Crippen LogP contribution is -2.50. The molecule has 2 aliphatic heterocycles. The molecule has 172 valence electrons. The SMILES string of the molecule is Cc1ccc2cccc(C(=O)N3CCC(N4CCC(Oc5ccccc5F)CC4)CC3)c2n1. The van der Waals surface area contributed by atoms with Crippen LogP contribution in [0.2, 0.25) is 0 Å². The van der Waals surface area contributed by atoms with E-state index in [1.807, 2.05) is 42.2 Å². The molecule has 5 rings (SSSR count). The number of amides is 1. The Morgan fingerprint density at radius 3 is 2.45 bits per heavy atom. The van der Waals surface area contributed by atoms with Crippen molar-refractivity contribution in [2.24, 2.45) is 0 Å². The fraction of sp³-hybridized carbons (Fsp3) is 0.407. The number of hydrogen-bond donors (Lipinski definition) is 0. The smallest absolute Gasteiger partial charge is 0.256 e. The van der Waals surface area contributed by atoms with E-state index in [4.69, 9.17) is 4.74 Å². The van der Waals surface area contributed by atoms with Crippen molar-refractivity contribution in [3.63, 3.8) is 0 Å². The highest BCUT2D eigenvalue weighted by Crippen LogP contribution is 2.26. The van der Waals surface area contributed by atoms with E-state index in [0.717, 1.165) is 68.5 Å². The molecule has 2 saturated heterocycles. The molecule has 0 unspecified atom stereocenters. The molecular weight excluding hydrogens is 417 g/mol. The standard InChI is InChI=1S/C27H30FN3O2/c1-19-9-10-20-5-4-6-23(26(20)29-19)27(32)31-15-11-21(12-16-31)30-17-13-22(14-18-30)33-25-8-3-2-7-24(25)28/h2-10,21-22H,11-18H2,1H3. The summed E-state index contributed by atoms with van der Waals surface area (Å²) < 4.78 is 19.8. The summed E-state index contributed by atoms with van der Waals surface area (Å²) >= 11 is 0. The highest BCUT2D eigenvalue weighted by Gasteiger charge is 2.31. The zero-order chi connectivity index (χ0) is 22.8. The Hall–Kier alpha value is -2.99. The van der Waals surface area contributed by atoms with Gasteiger partial charge in [-0.15, -0.1) is 0 Å². The largest absolute Gasteiger partial charge is 0.487 e. The van der Waals surface area contributed by atoms with Crippen LogP contribution < -0.4 is 4.74 Å².